The summed E-state index contributed by atoms with van der Waals surface area (Å²) in [6.07, 6.45) is -4.64. The maximum atomic E-state index is 13.4. The van der Waals surface area contributed by atoms with Gasteiger partial charge in [0, 0.05) is 11.4 Å². The Morgan fingerprint density at radius 3 is 2.10 bits per heavy atom. The number of hydrogen-bond donors (Lipinski definition) is 2. The van der Waals surface area contributed by atoms with Crippen molar-refractivity contribution >= 4 is 17.1 Å². The van der Waals surface area contributed by atoms with Crippen molar-refractivity contribution in [2.24, 2.45) is 0 Å². The zero-order valence-corrected chi connectivity index (χ0v) is 9.93. The number of para-hydroxylation sites is 1. The molecule has 106 valence electrons. The van der Waals surface area contributed by atoms with E-state index in [0.29, 0.717) is 6.07 Å². The molecule has 0 bridgehead atoms. The third-order valence-electron chi connectivity index (χ3n) is 2.59. The Bertz CT molecular complexity index is 617. The number of halogens is 5. The fourth-order valence-electron chi connectivity index (χ4n) is 1.64. The van der Waals surface area contributed by atoms with E-state index in [9.17, 15) is 22.0 Å². The lowest BCUT2D eigenvalue weighted by atomic mass is 10.1. The minimum absolute atomic E-state index is 0.115. The molecular weight excluding hydrogens is 279 g/mol. The van der Waals surface area contributed by atoms with Crippen LogP contribution in [-0.2, 0) is 6.18 Å². The number of benzene rings is 2. The molecule has 2 aromatic rings. The second kappa shape index (κ2) is 4.99. The van der Waals surface area contributed by atoms with E-state index >= 15 is 0 Å². The summed E-state index contributed by atoms with van der Waals surface area (Å²) >= 11 is 0. The monoisotopic (exact) mass is 288 g/mol. The summed E-state index contributed by atoms with van der Waals surface area (Å²) in [4.78, 5) is 0. The van der Waals surface area contributed by atoms with Crippen LogP contribution in [0.25, 0.3) is 0 Å². The van der Waals surface area contributed by atoms with E-state index in [1.54, 1.807) is 0 Å². The van der Waals surface area contributed by atoms with Crippen molar-refractivity contribution in [2.75, 3.05) is 11.1 Å². The van der Waals surface area contributed by atoms with Crippen LogP contribution in [0.1, 0.15) is 5.56 Å². The molecule has 20 heavy (non-hydrogen) atoms. The molecule has 0 saturated carbocycles. The maximum Gasteiger partial charge on any atom is 0.418 e. The van der Waals surface area contributed by atoms with Crippen LogP contribution < -0.4 is 11.1 Å². The lowest BCUT2D eigenvalue weighted by molar-refractivity contribution is -0.136. The van der Waals surface area contributed by atoms with Gasteiger partial charge in [0.2, 0.25) is 0 Å². The van der Waals surface area contributed by atoms with E-state index < -0.39 is 34.7 Å². The minimum atomic E-state index is -4.64. The first-order chi connectivity index (χ1) is 9.29. The molecule has 7 heteroatoms. The van der Waals surface area contributed by atoms with Crippen molar-refractivity contribution in [1.29, 1.82) is 0 Å². The lowest BCUT2D eigenvalue weighted by Gasteiger charge is -2.13. The molecule has 0 saturated heterocycles. The van der Waals surface area contributed by atoms with E-state index in [1.807, 2.05) is 0 Å². The van der Waals surface area contributed by atoms with Crippen molar-refractivity contribution < 1.29 is 22.0 Å². The molecule has 0 spiro atoms. The first-order valence-corrected chi connectivity index (χ1v) is 5.47. The van der Waals surface area contributed by atoms with Gasteiger partial charge in [-0.05, 0) is 30.3 Å². The molecule has 0 atom stereocenters. The van der Waals surface area contributed by atoms with Gasteiger partial charge in [0.25, 0.3) is 0 Å². The normalized spacial score (nSPS) is 11.4. The van der Waals surface area contributed by atoms with Crippen LogP contribution in [0.5, 0.6) is 0 Å². The summed E-state index contributed by atoms with van der Waals surface area (Å²) in [7, 11) is 0. The number of hydrogen-bond acceptors (Lipinski definition) is 2. The van der Waals surface area contributed by atoms with Crippen molar-refractivity contribution in [2.45, 2.75) is 6.18 Å². The standard InChI is InChI=1S/C13H9F5N2/c14-9-2-1-3-10(15)12(9)20-7-4-5-11(19)8(6-7)13(16,17)18/h1-6,20H,19H2. The molecule has 2 aromatic carbocycles. The zero-order chi connectivity index (χ0) is 14.9. The number of nitrogens with one attached hydrogen (secondary N) is 1. The topological polar surface area (TPSA) is 38.0 Å². The number of nitrogen functional groups attached to an aromatic ring is 1. The van der Waals surface area contributed by atoms with Crippen LogP contribution in [0.3, 0.4) is 0 Å². The van der Waals surface area contributed by atoms with E-state index in [1.165, 1.54) is 6.07 Å². The van der Waals surface area contributed by atoms with E-state index in [0.717, 1.165) is 24.3 Å². The van der Waals surface area contributed by atoms with Crippen LogP contribution in [0.2, 0.25) is 0 Å². The quantitative estimate of drug-likeness (QED) is 0.638. The fraction of sp³-hybridized carbons (Fsp3) is 0.0769. The third kappa shape index (κ3) is 2.81. The highest BCUT2D eigenvalue weighted by atomic mass is 19.4. The summed E-state index contributed by atoms with van der Waals surface area (Å²) in [6.45, 7) is 0. The van der Waals surface area contributed by atoms with Crippen LogP contribution >= 0.6 is 0 Å². The number of alkyl halides is 3. The van der Waals surface area contributed by atoms with Gasteiger partial charge < -0.3 is 11.1 Å². The van der Waals surface area contributed by atoms with E-state index in [4.69, 9.17) is 5.73 Å². The van der Waals surface area contributed by atoms with Gasteiger partial charge in [-0.1, -0.05) is 6.07 Å². The van der Waals surface area contributed by atoms with Gasteiger partial charge in [0.15, 0.2) is 0 Å². The number of anilines is 3. The molecule has 2 nitrogen and oxygen atoms in total. The summed E-state index contributed by atoms with van der Waals surface area (Å²) < 4.78 is 64.8. The molecular formula is C13H9F5N2. The summed E-state index contributed by atoms with van der Waals surface area (Å²) in [6, 6.07) is 6.06. The first-order valence-electron chi connectivity index (χ1n) is 5.47. The molecule has 0 unspecified atom stereocenters. The lowest BCUT2D eigenvalue weighted by Crippen LogP contribution is -2.09. The third-order valence-corrected chi connectivity index (χ3v) is 2.59. The maximum absolute atomic E-state index is 13.4. The van der Waals surface area contributed by atoms with Crippen LogP contribution in [0, 0.1) is 11.6 Å². The van der Waals surface area contributed by atoms with E-state index in [-0.39, 0.29) is 5.69 Å². The molecule has 0 radical (unpaired) electrons. The van der Waals surface area contributed by atoms with Gasteiger partial charge in [0.1, 0.15) is 17.3 Å². The second-order valence-electron chi connectivity index (χ2n) is 4.02. The Morgan fingerprint density at radius 1 is 0.950 bits per heavy atom. The van der Waals surface area contributed by atoms with Crippen molar-refractivity contribution in [3.8, 4) is 0 Å². The highest BCUT2D eigenvalue weighted by Crippen LogP contribution is 2.36. The predicted octanol–water partition coefficient (Wildman–Crippen LogP) is 4.31. The van der Waals surface area contributed by atoms with E-state index in [2.05, 4.69) is 5.32 Å². The first kappa shape index (κ1) is 14.1. The van der Waals surface area contributed by atoms with Crippen LogP contribution in [-0.4, -0.2) is 0 Å². The molecule has 0 aliphatic carbocycles. The Hall–Kier alpha value is -2.31. The molecule has 0 aromatic heterocycles. The van der Waals surface area contributed by atoms with Crippen LogP contribution in [0.15, 0.2) is 36.4 Å². The second-order valence-corrected chi connectivity index (χ2v) is 4.02. The molecule has 0 fully saturated rings. The van der Waals surface area contributed by atoms with Gasteiger partial charge in [-0.2, -0.15) is 13.2 Å². The molecule has 0 heterocycles. The highest BCUT2D eigenvalue weighted by Gasteiger charge is 2.33. The van der Waals surface area contributed by atoms with Gasteiger partial charge in [0.05, 0.1) is 5.56 Å². The Morgan fingerprint density at radius 2 is 1.55 bits per heavy atom. The molecule has 2 rings (SSSR count). The van der Waals surface area contributed by atoms with Crippen molar-refractivity contribution in [3.05, 3.63) is 53.6 Å². The average molecular weight is 288 g/mol. The fourth-order valence-corrected chi connectivity index (χ4v) is 1.64. The van der Waals surface area contributed by atoms with Crippen molar-refractivity contribution in [3.63, 3.8) is 0 Å². The van der Waals surface area contributed by atoms with Gasteiger partial charge >= 0.3 is 6.18 Å². The number of nitrogens with two attached hydrogens (primary N) is 1. The largest absolute Gasteiger partial charge is 0.418 e. The Balaban J connectivity index is 2.40. The summed E-state index contributed by atoms with van der Waals surface area (Å²) in [5, 5.41) is 2.27. The average Bonchev–Trinajstić information content (AvgIpc) is 2.34. The molecule has 0 amide bonds. The zero-order valence-electron chi connectivity index (χ0n) is 9.93. The summed E-state index contributed by atoms with van der Waals surface area (Å²) in [5.74, 6) is -1.81. The highest BCUT2D eigenvalue weighted by molar-refractivity contribution is 5.65. The van der Waals surface area contributed by atoms with Gasteiger partial charge in [-0.25, -0.2) is 8.78 Å². The molecule has 0 aliphatic rings. The minimum Gasteiger partial charge on any atom is -0.398 e. The SMILES string of the molecule is Nc1ccc(Nc2c(F)cccc2F)cc1C(F)(F)F. The van der Waals surface area contributed by atoms with Crippen LogP contribution in [0.4, 0.5) is 39.0 Å². The van der Waals surface area contributed by atoms with Crippen molar-refractivity contribution in [1.82, 2.24) is 0 Å². The molecule has 0 aliphatic heterocycles. The summed E-state index contributed by atoms with van der Waals surface area (Å²) in [5.41, 5.74) is 3.06. The Kier molecular flexibility index (Phi) is 3.52. The number of rotatable bonds is 2. The smallest absolute Gasteiger partial charge is 0.398 e. The Labute approximate surface area is 111 Å². The van der Waals surface area contributed by atoms with Gasteiger partial charge in [-0.3, -0.25) is 0 Å². The predicted molar refractivity (Wildman–Crippen MR) is 65.5 cm³/mol. The molecule has 3 N–H and O–H groups in total. The van der Waals surface area contributed by atoms with Gasteiger partial charge in [-0.15, -0.1) is 0 Å².